The molecule has 2 unspecified atom stereocenters. The molecule has 0 bridgehead atoms. The lowest BCUT2D eigenvalue weighted by atomic mass is 9.70. The minimum absolute atomic E-state index is 0.00721. The summed E-state index contributed by atoms with van der Waals surface area (Å²) in [7, 11) is 2.48. The summed E-state index contributed by atoms with van der Waals surface area (Å²) in [5.74, 6) is -2.51. The molecule has 1 amide bonds. The van der Waals surface area contributed by atoms with Crippen LogP contribution in [0.1, 0.15) is 29.5 Å². The van der Waals surface area contributed by atoms with E-state index in [-0.39, 0.29) is 40.4 Å². The van der Waals surface area contributed by atoms with Gasteiger partial charge in [-0.25, -0.2) is 0 Å². The Morgan fingerprint density at radius 2 is 1.90 bits per heavy atom. The average Bonchev–Trinajstić information content (AvgIpc) is 2.72. The van der Waals surface area contributed by atoms with Gasteiger partial charge in [0.15, 0.2) is 0 Å². The lowest BCUT2D eigenvalue weighted by Gasteiger charge is -2.42. The van der Waals surface area contributed by atoms with Crippen molar-refractivity contribution < 1.29 is 37.3 Å². The van der Waals surface area contributed by atoms with Crippen molar-refractivity contribution in [3.8, 4) is 5.75 Å². The standard InChI is InChI=1S/C21H19ClF3NO5/c1-30-17-7-4-12(22)10-15(17)20(29)13(5-8-18(27)31-2)19(28)26-16-6-3-11(9-14(16)20)21(23,24)25/h3-4,6-7,9-10,13,29H,5,8H2,1-2H3,(H,26,28). The van der Waals surface area contributed by atoms with Crippen LogP contribution in [0.2, 0.25) is 5.02 Å². The van der Waals surface area contributed by atoms with Crippen LogP contribution in [0.3, 0.4) is 0 Å². The molecule has 1 heterocycles. The van der Waals surface area contributed by atoms with Crippen LogP contribution < -0.4 is 10.1 Å². The van der Waals surface area contributed by atoms with Crippen molar-refractivity contribution in [3.63, 3.8) is 0 Å². The zero-order valence-electron chi connectivity index (χ0n) is 16.5. The molecule has 3 rings (SSSR count). The number of amides is 1. The zero-order valence-corrected chi connectivity index (χ0v) is 17.3. The van der Waals surface area contributed by atoms with Crippen LogP contribution in [-0.4, -0.2) is 31.2 Å². The molecule has 1 aliphatic rings. The highest BCUT2D eigenvalue weighted by Gasteiger charge is 2.51. The molecule has 0 aromatic heterocycles. The fraction of sp³-hybridized carbons (Fsp3) is 0.333. The van der Waals surface area contributed by atoms with E-state index in [0.29, 0.717) is 0 Å². The predicted octanol–water partition coefficient (Wildman–Crippen LogP) is 4.12. The highest BCUT2D eigenvalue weighted by Crippen LogP contribution is 2.50. The quantitative estimate of drug-likeness (QED) is 0.660. The Labute approximate surface area is 180 Å². The van der Waals surface area contributed by atoms with Crippen LogP contribution >= 0.6 is 11.6 Å². The third kappa shape index (κ3) is 4.20. The minimum atomic E-state index is -4.68. The number of carbonyl (C=O) groups is 2. The Kier molecular flexibility index (Phi) is 6.20. The van der Waals surface area contributed by atoms with Gasteiger partial charge in [-0.15, -0.1) is 0 Å². The second-order valence-electron chi connectivity index (χ2n) is 7.03. The molecule has 0 radical (unpaired) electrons. The van der Waals surface area contributed by atoms with Crippen molar-refractivity contribution in [2.75, 3.05) is 19.5 Å². The number of fused-ring (bicyclic) bond motifs is 1. The normalized spacial score (nSPS) is 20.6. The lowest BCUT2D eigenvalue weighted by molar-refractivity contribution is -0.142. The van der Waals surface area contributed by atoms with Crippen molar-refractivity contribution in [3.05, 3.63) is 58.1 Å². The maximum atomic E-state index is 13.4. The Balaban J connectivity index is 2.29. The summed E-state index contributed by atoms with van der Waals surface area (Å²) in [6.07, 6.45) is -5.12. The first-order valence-electron chi connectivity index (χ1n) is 9.18. The summed E-state index contributed by atoms with van der Waals surface area (Å²) in [5, 5.41) is 14.6. The second kappa shape index (κ2) is 8.39. The number of hydrogen-bond acceptors (Lipinski definition) is 5. The maximum absolute atomic E-state index is 13.4. The first kappa shape index (κ1) is 22.9. The Morgan fingerprint density at radius 1 is 1.19 bits per heavy atom. The molecule has 2 N–H and O–H groups in total. The summed E-state index contributed by atoms with van der Waals surface area (Å²) in [6, 6.07) is 6.91. The van der Waals surface area contributed by atoms with Crippen LogP contribution in [0.15, 0.2) is 36.4 Å². The van der Waals surface area contributed by atoms with Gasteiger partial charge in [-0.05, 0) is 42.8 Å². The molecule has 0 aliphatic carbocycles. The van der Waals surface area contributed by atoms with Crippen molar-refractivity contribution >= 4 is 29.2 Å². The second-order valence-corrected chi connectivity index (χ2v) is 7.46. The Morgan fingerprint density at radius 3 is 2.52 bits per heavy atom. The summed E-state index contributed by atoms with van der Waals surface area (Å²) >= 11 is 6.10. The number of hydrogen-bond donors (Lipinski definition) is 2. The van der Waals surface area contributed by atoms with E-state index in [0.717, 1.165) is 18.2 Å². The number of aliphatic hydroxyl groups is 1. The fourth-order valence-electron chi connectivity index (χ4n) is 3.76. The van der Waals surface area contributed by atoms with Gasteiger partial charge >= 0.3 is 12.1 Å². The number of anilines is 1. The molecule has 31 heavy (non-hydrogen) atoms. The molecule has 2 aromatic carbocycles. The third-order valence-corrected chi connectivity index (χ3v) is 5.51. The van der Waals surface area contributed by atoms with Gasteiger partial charge in [-0.3, -0.25) is 9.59 Å². The van der Waals surface area contributed by atoms with Gasteiger partial charge in [-0.1, -0.05) is 11.6 Å². The Bertz CT molecular complexity index is 1030. The topological polar surface area (TPSA) is 84.9 Å². The van der Waals surface area contributed by atoms with Crippen LogP contribution in [0.25, 0.3) is 0 Å². The van der Waals surface area contributed by atoms with Crippen LogP contribution in [0, 0.1) is 5.92 Å². The first-order chi connectivity index (χ1) is 14.5. The van der Waals surface area contributed by atoms with Gasteiger partial charge in [0.05, 0.1) is 25.7 Å². The third-order valence-electron chi connectivity index (χ3n) is 5.27. The van der Waals surface area contributed by atoms with Gasteiger partial charge in [0, 0.05) is 28.3 Å². The fourth-order valence-corrected chi connectivity index (χ4v) is 3.93. The number of nitrogens with one attached hydrogen (secondary N) is 1. The maximum Gasteiger partial charge on any atom is 0.416 e. The highest BCUT2D eigenvalue weighted by atomic mass is 35.5. The smallest absolute Gasteiger partial charge is 0.416 e. The monoisotopic (exact) mass is 457 g/mol. The number of rotatable bonds is 5. The molecule has 0 spiro atoms. The van der Waals surface area contributed by atoms with E-state index in [1.165, 1.54) is 32.4 Å². The van der Waals surface area contributed by atoms with Gasteiger partial charge in [0.2, 0.25) is 5.91 Å². The number of benzene rings is 2. The van der Waals surface area contributed by atoms with Gasteiger partial charge < -0.3 is 19.9 Å². The summed E-state index contributed by atoms with van der Waals surface area (Å²) in [6.45, 7) is 0. The van der Waals surface area contributed by atoms with Crippen molar-refractivity contribution in [2.45, 2.75) is 24.6 Å². The van der Waals surface area contributed by atoms with Gasteiger partial charge in [-0.2, -0.15) is 13.2 Å². The van der Waals surface area contributed by atoms with Gasteiger partial charge in [0.25, 0.3) is 0 Å². The Hall–Kier alpha value is -2.78. The number of ether oxygens (including phenoxy) is 2. The number of carbonyl (C=O) groups excluding carboxylic acids is 2. The first-order valence-corrected chi connectivity index (χ1v) is 9.56. The van der Waals surface area contributed by atoms with Crippen LogP contribution in [0.5, 0.6) is 5.75 Å². The summed E-state index contributed by atoms with van der Waals surface area (Å²) < 4.78 is 50.2. The SMILES string of the molecule is COC(=O)CCC1C(=O)Nc2ccc(C(F)(F)F)cc2C1(O)c1cc(Cl)ccc1OC. The zero-order chi connectivity index (χ0) is 23.0. The molecular formula is C21H19ClF3NO5. The molecule has 6 nitrogen and oxygen atoms in total. The largest absolute Gasteiger partial charge is 0.496 e. The molecule has 0 saturated heterocycles. The number of halogens is 4. The predicted molar refractivity (Wildman–Crippen MR) is 106 cm³/mol. The number of esters is 1. The summed E-state index contributed by atoms with van der Waals surface area (Å²) in [4.78, 5) is 24.6. The van der Waals surface area contributed by atoms with E-state index < -0.39 is 35.1 Å². The van der Waals surface area contributed by atoms with Crippen LogP contribution in [-0.2, 0) is 26.1 Å². The van der Waals surface area contributed by atoms with Crippen molar-refractivity contribution in [1.29, 1.82) is 0 Å². The number of alkyl halides is 3. The molecule has 2 atom stereocenters. The molecular weight excluding hydrogens is 439 g/mol. The molecule has 10 heteroatoms. The van der Waals surface area contributed by atoms with E-state index in [1.54, 1.807) is 0 Å². The molecule has 0 fully saturated rings. The molecule has 2 aromatic rings. The molecule has 166 valence electrons. The van der Waals surface area contributed by atoms with Crippen LogP contribution in [0.4, 0.5) is 18.9 Å². The lowest BCUT2D eigenvalue weighted by Crippen LogP contribution is -2.48. The van der Waals surface area contributed by atoms with Crippen molar-refractivity contribution in [2.24, 2.45) is 5.92 Å². The minimum Gasteiger partial charge on any atom is -0.496 e. The molecule has 0 saturated carbocycles. The van der Waals surface area contributed by atoms with Gasteiger partial charge in [0.1, 0.15) is 11.4 Å². The summed E-state index contributed by atoms with van der Waals surface area (Å²) in [5.41, 5.74) is -3.43. The van der Waals surface area contributed by atoms with E-state index in [1.807, 2.05) is 0 Å². The molecule has 1 aliphatic heterocycles. The van der Waals surface area contributed by atoms with E-state index >= 15 is 0 Å². The van der Waals surface area contributed by atoms with E-state index in [4.69, 9.17) is 16.3 Å². The van der Waals surface area contributed by atoms with Crippen molar-refractivity contribution in [1.82, 2.24) is 0 Å². The highest BCUT2D eigenvalue weighted by molar-refractivity contribution is 6.30. The average molecular weight is 458 g/mol. The van der Waals surface area contributed by atoms with E-state index in [9.17, 15) is 27.9 Å². The van der Waals surface area contributed by atoms with E-state index in [2.05, 4.69) is 10.1 Å². The number of methoxy groups -OCH3 is 2.